The molecular formula is C26H43NO. The van der Waals surface area contributed by atoms with Gasteiger partial charge in [-0.25, -0.2) is 0 Å². The van der Waals surface area contributed by atoms with Gasteiger partial charge in [0.25, 0.3) is 0 Å². The lowest BCUT2D eigenvalue weighted by molar-refractivity contribution is 0.116. The molecule has 158 valence electrons. The maximum absolute atomic E-state index is 10.1. The highest BCUT2D eigenvalue weighted by atomic mass is 16.3. The van der Waals surface area contributed by atoms with Gasteiger partial charge in [-0.2, -0.15) is 0 Å². The van der Waals surface area contributed by atoms with Crippen molar-refractivity contribution in [3.8, 4) is 0 Å². The molecule has 3 N–H and O–H groups in total. The summed E-state index contributed by atoms with van der Waals surface area (Å²) in [6.45, 7) is 11.1. The molecule has 0 aromatic carbocycles. The fourth-order valence-electron chi connectivity index (χ4n) is 6.24. The number of hydrogen-bond donors (Lipinski definition) is 2. The van der Waals surface area contributed by atoms with Crippen molar-refractivity contribution >= 4 is 0 Å². The maximum Gasteiger partial charge on any atom is 0.0784 e. The zero-order valence-electron chi connectivity index (χ0n) is 18.6. The molecule has 0 aliphatic heterocycles. The SMILES string of the molecule is C=C1CC/C(=C/C=C2\CCCC3(C)C(CC(C)CCC(C)N)CCC23)CC1O. The highest BCUT2D eigenvalue weighted by Gasteiger charge is 2.49. The largest absolute Gasteiger partial charge is 0.388 e. The Balaban J connectivity index is 1.65. The molecule has 0 amide bonds. The Kier molecular flexibility index (Phi) is 7.26. The summed E-state index contributed by atoms with van der Waals surface area (Å²) in [6.07, 6.45) is 17.8. The lowest BCUT2D eigenvalue weighted by Crippen LogP contribution is -2.34. The van der Waals surface area contributed by atoms with Crippen molar-refractivity contribution in [3.63, 3.8) is 0 Å². The Labute approximate surface area is 173 Å². The molecule has 0 bridgehead atoms. The van der Waals surface area contributed by atoms with Crippen molar-refractivity contribution in [2.75, 3.05) is 0 Å². The van der Waals surface area contributed by atoms with Crippen LogP contribution >= 0.6 is 0 Å². The normalized spacial score (nSPS) is 38.6. The van der Waals surface area contributed by atoms with Crippen LogP contribution in [0.15, 0.2) is 35.5 Å². The van der Waals surface area contributed by atoms with E-state index in [0.29, 0.717) is 11.5 Å². The van der Waals surface area contributed by atoms with Gasteiger partial charge in [0.15, 0.2) is 0 Å². The van der Waals surface area contributed by atoms with Crippen molar-refractivity contribution < 1.29 is 5.11 Å². The molecule has 3 rings (SSSR count). The first-order valence-corrected chi connectivity index (χ1v) is 11.8. The van der Waals surface area contributed by atoms with Crippen LogP contribution in [0, 0.1) is 23.2 Å². The second-order valence-electron chi connectivity index (χ2n) is 10.5. The van der Waals surface area contributed by atoms with Crippen LogP contribution in [0.1, 0.15) is 91.4 Å². The number of aliphatic hydroxyl groups is 1. The van der Waals surface area contributed by atoms with E-state index in [0.717, 1.165) is 49.0 Å². The van der Waals surface area contributed by atoms with Crippen LogP contribution in [-0.4, -0.2) is 17.3 Å². The Morgan fingerprint density at radius 2 is 1.96 bits per heavy atom. The molecule has 0 radical (unpaired) electrons. The van der Waals surface area contributed by atoms with Gasteiger partial charge in [0.1, 0.15) is 0 Å². The van der Waals surface area contributed by atoms with Crippen molar-refractivity contribution in [1.29, 1.82) is 0 Å². The average Bonchev–Trinajstić information content (AvgIpc) is 2.98. The minimum absolute atomic E-state index is 0.330. The third-order valence-corrected chi connectivity index (χ3v) is 8.19. The van der Waals surface area contributed by atoms with Crippen LogP contribution in [0.2, 0.25) is 0 Å². The minimum atomic E-state index is -0.330. The number of aliphatic hydroxyl groups excluding tert-OH is 1. The topological polar surface area (TPSA) is 46.2 Å². The predicted molar refractivity (Wildman–Crippen MR) is 120 cm³/mol. The molecule has 2 nitrogen and oxygen atoms in total. The van der Waals surface area contributed by atoms with Crippen LogP contribution in [0.5, 0.6) is 0 Å². The Bertz CT molecular complexity index is 616. The summed E-state index contributed by atoms with van der Waals surface area (Å²) in [5, 5.41) is 10.1. The zero-order valence-corrected chi connectivity index (χ0v) is 18.6. The molecule has 0 saturated heterocycles. The molecule has 3 fully saturated rings. The number of hydrogen-bond acceptors (Lipinski definition) is 2. The van der Waals surface area contributed by atoms with Crippen molar-refractivity contribution in [1.82, 2.24) is 0 Å². The fourth-order valence-corrected chi connectivity index (χ4v) is 6.24. The van der Waals surface area contributed by atoms with Gasteiger partial charge in [0, 0.05) is 6.04 Å². The molecule has 0 spiro atoms. The van der Waals surface area contributed by atoms with Crippen LogP contribution in [0.3, 0.4) is 0 Å². The Morgan fingerprint density at radius 1 is 1.18 bits per heavy atom. The van der Waals surface area contributed by atoms with Gasteiger partial charge in [-0.3, -0.25) is 0 Å². The fraction of sp³-hybridized carbons (Fsp3) is 0.769. The first-order valence-electron chi connectivity index (χ1n) is 11.8. The summed E-state index contributed by atoms with van der Waals surface area (Å²) in [7, 11) is 0. The monoisotopic (exact) mass is 385 g/mol. The molecular weight excluding hydrogens is 342 g/mol. The molecule has 28 heavy (non-hydrogen) atoms. The van der Waals surface area contributed by atoms with E-state index in [1.165, 1.54) is 50.5 Å². The first kappa shape index (κ1) is 21.8. The van der Waals surface area contributed by atoms with Gasteiger partial charge in [-0.1, -0.05) is 43.7 Å². The predicted octanol–water partition coefficient (Wildman–Crippen LogP) is 6.31. The molecule has 3 saturated carbocycles. The summed E-state index contributed by atoms with van der Waals surface area (Å²) >= 11 is 0. The van der Waals surface area contributed by atoms with E-state index in [9.17, 15) is 5.11 Å². The molecule has 3 aliphatic rings. The zero-order chi connectivity index (χ0) is 20.3. The Morgan fingerprint density at radius 3 is 2.68 bits per heavy atom. The third kappa shape index (κ3) is 5.00. The van der Waals surface area contributed by atoms with E-state index in [1.54, 1.807) is 5.57 Å². The first-order chi connectivity index (χ1) is 13.3. The number of nitrogens with two attached hydrogens (primary N) is 1. The number of rotatable bonds is 6. The molecule has 2 heteroatoms. The lowest BCUT2D eigenvalue weighted by Gasteiger charge is -2.43. The quantitative estimate of drug-likeness (QED) is 0.526. The van der Waals surface area contributed by atoms with Gasteiger partial charge < -0.3 is 10.8 Å². The standard InChI is InChI=1S/C26H43NO/c1-18(7-9-20(3)27)16-23-13-14-24-22(6-5-15-26(23,24)4)12-11-21-10-8-19(2)25(28)17-21/h11-12,18,20,23-25,28H,2,5-10,13-17,27H2,1,3-4H3/b21-11-,22-12+. The minimum Gasteiger partial charge on any atom is -0.388 e. The second kappa shape index (κ2) is 9.30. The summed E-state index contributed by atoms with van der Waals surface area (Å²) in [5.41, 5.74) is 10.6. The van der Waals surface area contributed by atoms with Crippen molar-refractivity contribution in [2.45, 2.75) is 104 Å². The van der Waals surface area contributed by atoms with E-state index in [2.05, 4.69) is 39.5 Å². The maximum atomic E-state index is 10.1. The van der Waals surface area contributed by atoms with Crippen molar-refractivity contribution in [2.24, 2.45) is 28.9 Å². The van der Waals surface area contributed by atoms with E-state index >= 15 is 0 Å². The van der Waals surface area contributed by atoms with Crippen LogP contribution in [-0.2, 0) is 0 Å². The van der Waals surface area contributed by atoms with Gasteiger partial charge in [-0.15, -0.1) is 0 Å². The van der Waals surface area contributed by atoms with E-state index in [1.807, 2.05) is 0 Å². The highest BCUT2D eigenvalue weighted by Crippen LogP contribution is 2.59. The molecule has 0 heterocycles. The van der Waals surface area contributed by atoms with Gasteiger partial charge in [0.05, 0.1) is 6.10 Å². The van der Waals surface area contributed by atoms with E-state index in [-0.39, 0.29) is 6.10 Å². The molecule has 0 aromatic heterocycles. The molecule has 3 aliphatic carbocycles. The van der Waals surface area contributed by atoms with Gasteiger partial charge in [-0.05, 0) is 106 Å². The summed E-state index contributed by atoms with van der Waals surface area (Å²) in [5.74, 6) is 2.43. The second-order valence-corrected chi connectivity index (χ2v) is 10.5. The van der Waals surface area contributed by atoms with Crippen molar-refractivity contribution in [3.05, 3.63) is 35.5 Å². The summed E-state index contributed by atoms with van der Waals surface area (Å²) < 4.78 is 0. The molecule has 0 aromatic rings. The number of allylic oxidation sites excluding steroid dienone is 3. The Hall–Kier alpha value is -0.860. The summed E-state index contributed by atoms with van der Waals surface area (Å²) in [6, 6.07) is 0.335. The van der Waals surface area contributed by atoms with E-state index < -0.39 is 0 Å². The number of fused-ring (bicyclic) bond motifs is 1. The van der Waals surface area contributed by atoms with Crippen LogP contribution in [0.25, 0.3) is 0 Å². The van der Waals surface area contributed by atoms with Crippen LogP contribution in [0.4, 0.5) is 0 Å². The average molecular weight is 386 g/mol. The van der Waals surface area contributed by atoms with Gasteiger partial charge >= 0.3 is 0 Å². The van der Waals surface area contributed by atoms with Gasteiger partial charge in [0.2, 0.25) is 0 Å². The smallest absolute Gasteiger partial charge is 0.0784 e. The lowest BCUT2D eigenvalue weighted by atomic mass is 9.62. The molecule has 6 unspecified atom stereocenters. The highest BCUT2D eigenvalue weighted by molar-refractivity contribution is 5.27. The summed E-state index contributed by atoms with van der Waals surface area (Å²) in [4.78, 5) is 0. The third-order valence-electron chi connectivity index (χ3n) is 8.19. The molecule has 6 atom stereocenters. The van der Waals surface area contributed by atoms with Crippen LogP contribution < -0.4 is 5.73 Å². The van der Waals surface area contributed by atoms with E-state index in [4.69, 9.17) is 5.73 Å².